The summed E-state index contributed by atoms with van der Waals surface area (Å²) in [6.45, 7) is 3.24. The molecule has 0 spiro atoms. The highest BCUT2D eigenvalue weighted by molar-refractivity contribution is 5.32. The van der Waals surface area contributed by atoms with Crippen LogP contribution in [0.15, 0.2) is 6.07 Å². The lowest BCUT2D eigenvalue weighted by atomic mass is 10.3. The lowest BCUT2D eigenvalue weighted by Gasteiger charge is -2.26. The predicted molar refractivity (Wildman–Crippen MR) is 51.1 cm³/mol. The molecule has 0 saturated carbocycles. The molecule has 14 heavy (non-hydrogen) atoms. The number of hydrogen-bond donors (Lipinski definition) is 1. The zero-order valence-corrected chi connectivity index (χ0v) is 8.06. The second-order valence-electron chi connectivity index (χ2n) is 3.18. The molecule has 0 atom stereocenters. The second-order valence-corrected chi connectivity index (χ2v) is 3.18. The summed E-state index contributed by atoms with van der Waals surface area (Å²) in [6.07, 6.45) is 0.872. The van der Waals surface area contributed by atoms with Crippen molar-refractivity contribution in [3.8, 4) is 5.88 Å². The third-order valence-corrected chi connectivity index (χ3v) is 1.98. The third kappa shape index (κ3) is 1.93. The second kappa shape index (κ2) is 3.79. The molecule has 1 aromatic rings. The van der Waals surface area contributed by atoms with Crippen LogP contribution in [0.5, 0.6) is 5.88 Å². The first kappa shape index (κ1) is 9.21. The van der Waals surface area contributed by atoms with Gasteiger partial charge >= 0.3 is 0 Å². The Morgan fingerprint density at radius 1 is 1.57 bits per heavy atom. The van der Waals surface area contributed by atoms with E-state index in [0.717, 1.165) is 6.42 Å². The first-order chi connectivity index (χ1) is 6.78. The molecule has 1 aliphatic heterocycles. The smallest absolute Gasteiger partial charge is 0.219 e. The molecule has 1 aliphatic rings. The van der Waals surface area contributed by atoms with Gasteiger partial charge in [0.25, 0.3) is 0 Å². The first-order valence-electron chi connectivity index (χ1n) is 4.65. The fraction of sp³-hybridized carbons (Fsp3) is 0.556. The van der Waals surface area contributed by atoms with E-state index in [2.05, 4.69) is 9.97 Å². The first-order valence-corrected chi connectivity index (χ1v) is 4.65. The Morgan fingerprint density at radius 2 is 2.36 bits per heavy atom. The highest BCUT2D eigenvalue weighted by atomic mass is 16.6. The molecule has 1 aromatic heterocycles. The van der Waals surface area contributed by atoms with E-state index in [1.807, 2.05) is 6.92 Å². The van der Waals surface area contributed by atoms with Gasteiger partial charge in [-0.25, -0.2) is 4.98 Å². The van der Waals surface area contributed by atoms with Crippen LogP contribution in [-0.2, 0) is 11.2 Å². The Kier molecular flexibility index (Phi) is 2.49. The van der Waals surface area contributed by atoms with Crippen molar-refractivity contribution in [1.82, 2.24) is 9.97 Å². The Bertz CT molecular complexity index is 326. The summed E-state index contributed by atoms with van der Waals surface area (Å²) in [7, 11) is 0. The predicted octanol–water partition coefficient (Wildman–Crippen LogP) is 0.399. The highest BCUT2D eigenvalue weighted by Crippen LogP contribution is 2.15. The largest absolute Gasteiger partial charge is 0.469 e. The van der Waals surface area contributed by atoms with Crippen LogP contribution in [0.4, 0.5) is 5.82 Å². The molecule has 0 aliphatic carbocycles. The van der Waals surface area contributed by atoms with E-state index in [-0.39, 0.29) is 6.10 Å². The number of aromatic nitrogens is 2. The minimum atomic E-state index is 0.119. The Morgan fingerprint density at radius 3 is 2.93 bits per heavy atom. The molecule has 1 fully saturated rings. The van der Waals surface area contributed by atoms with E-state index in [1.165, 1.54) is 0 Å². The number of nitrogen functional groups attached to an aromatic ring is 1. The van der Waals surface area contributed by atoms with Gasteiger partial charge in [0.15, 0.2) is 0 Å². The molecule has 2 heterocycles. The summed E-state index contributed by atoms with van der Waals surface area (Å²) in [5.74, 6) is 1.70. The molecule has 5 heteroatoms. The van der Waals surface area contributed by atoms with Crippen molar-refractivity contribution in [3.05, 3.63) is 11.9 Å². The van der Waals surface area contributed by atoms with Crippen LogP contribution in [0.3, 0.4) is 0 Å². The lowest BCUT2D eigenvalue weighted by molar-refractivity contribution is -0.0814. The zero-order chi connectivity index (χ0) is 9.97. The van der Waals surface area contributed by atoms with Gasteiger partial charge in [0.2, 0.25) is 5.88 Å². The van der Waals surface area contributed by atoms with Crippen LogP contribution in [0.2, 0.25) is 0 Å². The van der Waals surface area contributed by atoms with E-state index in [9.17, 15) is 0 Å². The maximum absolute atomic E-state index is 5.61. The summed E-state index contributed by atoms with van der Waals surface area (Å²) in [4.78, 5) is 8.26. The van der Waals surface area contributed by atoms with Crippen LogP contribution < -0.4 is 10.5 Å². The van der Waals surface area contributed by atoms with Crippen molar-refractivity contribution in [2.24, 2.45) is 0 Å². The Labute approximate surface area is 82.3 Å². The van der Waals surface area contributed by atoms with Crippen LogP contribution in [0, 0.1) is 0 Å². The molecule has 1 saturated heterocycles. The summed E-state index contributed by atoms with van der Waals surface area (Å²) < 4.78 is 10.5. The zero-order valence-electron chi connectivity index (χ0n) is 8.06. The third-order valence-electron chi connectivity index (χ3n) is 1.98. The molecule has 5 nitrogen and oxygen atoms in total. The molecule has 0 aromatic carbocycles. The van der Waals surface area contributed by atoms with E-state index in [1.54, 1.807) is 6.07 Å². The monoisotopic (exact) mass is 195 g/mol. The van der Waals surface area contributed by atoms with Crippen molar-refractivity contribution in [2.75, 3.05) is 18.9 Å². The van der Waals surface area contributed by atoms with E-state index < -0.39 is 0 Å². The van der Waals surface area contributed by atoms with Gasteiger partial charge in [-0.1, -0.05) is 6.92 Å². The summed E-state index contributed by atoms with van der Waals surface area (Å²) >= 11 is 0. The number of hydrogen-bond acceptors (Lipinski definition) is 5. The Balaban J connectivity index is 2.11. The van der Waals surface area contributed by atoms with Crippen molar-refractivity contribution >= 4 is 5.82 Å². The van der Waals surface area contributed by atoms with Gasteiger partial charge in [0.1, 0.15) is 17.7 Å². The normalized spacial score (nSPS) is 16.4. The standard InChI is InChI=1S/C9H13N3O2/c1-2-8-11-7(10)3-9(12-8)14-6-4-13-5-6/h3,6H,2,4-5H2,1H3,(H2,10,11,12). The SMILES string of the molecule is CCc1nc(N)cc(OC2COC2)n1. The molecule has 2 N–H and O–H groups in total. The van der Waals surface area contributed by atoms with E-state index in [0.29, 0.717) is 30.7 Å². The molecular weight excluding hydrogens is 182 g/mol. The number of rotatable bonds is 3. The van der Waals surface area contributed by atoms with Gasteiger partial charge in [-0.3, -0.25) is 0 Å². The topological polar surface area (TPSA) is 70.3 Å². The average Bonchev–Trinajstić information content (AvgIpc) is 2.10. The minimum absolute atomic E-state index is 0.119. The van der Waals surface area contributed by atoms with Crippen LogP contribution in [0.1, 0.15) is 12.7 Å². The summed E-state index contributed by atoms with van der Waals surface area (Å²) in [5.41, 5.74) is 5.61. The molecule has 0 bridgehead atoms. The molecular formula is C9H13N3O2. The van der Waals surface area contributed by atoms with Gasteiger partial charge in [-0.15, -0.1) is 0 Å². The van der Waals surface area contributed by atoms with Gasteiger partial charge in [-0.2, -0.15) is 4.98 Å². The van der Waals surface area contributed by atoms with Gasteiger partial charge in [-0.05, 0) is 0 Å². The molecule has 76 valence electrons. The van der Waals surface area contributed by atoms with Gasteiger partial charge < -0.3 is 15.2 Å². The Hall–Kier alpha value is -1.36. The van der Waals surface area contributed by atoms with Crippen molar-refractivity contribution in [3.63, 3.8) is 0 Å². The van der Waals surface area contributed by atoms with Crippen molar-refractivity contribution in [1.29, 1.82) is 0 Å². The van der Waals surface area contributed by atoms with Crippen molar-refractivity contribution < 1.29 is 9.47 Å². The molecule has 0 amide bonds. The number of nitrogens with zero attached hydrogens (tertiary/aromatic N) is 2. The molecule has 2 rings (SSSR count). The highest BCUT2D eigenvalue weighted by Gasteiger charge is 2.20. The van der Waals surface area contributed by atoms with Crippen molar-refractivity contribution in [2.45, 2.75) is 19.4 Å². The number of nitrogens with two attached hydrogens (primary N) is 1. The summed E-state index contributed by atoms with van der Waals surface area (Å²) in [6, 6.07) is 1.64. The quantitative estimate of drug-likeness (QED) is 0.755. The van der Waals surface area contributed by atoms with E-state index in [4.69, 9.17) is 15.2 Å². The maximum atomic E-state index is 5.61. The molecule has 0 unspecified atom stereocenters. The van der Waals surface area contributed by atoms with Crippen LogP contribution in [-0.4, -0.2) is 29.3 Å². The van der Waals surface area contributed by atoms with Crippen LogP contribution in [0.25, 0.3) is 0 Å². The van der Waals surface area contributed by atoms with Crippen LogP contribution >= 0.6 is 0 Å². The number of aryl methyl sites for hydroxylation is 1. The average molecular weight is 195 g/mol. The maximum Gasteiger partial charge on any atom is 0.219 e. The number of ether oxygens (including phenoxy) is 2. The fourth-order valence-corrected chi connectivity index (χ4v) is 1.16. The number of anilines is 1. The minimum Gasteiger partial charge on any atom is -0.469 e. The molecule has 0 radical (unpaired) electrons. The fourth-order valence-electron chi connectivity index (χ4n) is 1.16. The van der Waals surface area contributed by atoms with Gasteiger partial charge in [0, 0.05) is 12.5 Å². The summed E-state index contributed by atoms with van der Waals surface area (Å²) in [5, 5.41) is 0. The lowest BCUT2D eigenvalue weighted by Crippen LogP contribution is -2.38. The van der Waals surface area contributed by atoms with E-state index >= 15 is 0 Å². The van der Waals surface area contributed by atoms with Gasteiger partial charge in [0.05, 0.1) is 13.2 Å².